The summed E-state index contributed by atoms with van der Waals surface area (Å²) in [7, 11) is 3.37. The number of nitrogens with zero attached hydrogens (tertiary/aromatic N) is 2. The van der Waals surface area contributed by atoms with Gasteiger partial charge in [-0.1, -0.05) is 18.2 Å². The molecule has 2 N–H and O–H groups in total. The summed E-state index contributed by atoms with van der Waals surface area (Å²) in [4.78, 5) is 30.1. The van der Waals surface area contributed by atoms with Gasteiger partial charge in [-0.2, -0.15) is 13.2 Å². The van der Waals surface area contributed by atoms with Gasteiger partial charge in [-0.15, -0.1) is 0 Å². The van der Waals surface area contributed by atoms with Crippen LogP contribution in [-0.4, -0.2) is 35.8 Å². The lowest BCUT2D eigenvalue weighted by Crippen LogP contribution is -2.17. The standard InChI is InChI=1S/C28H27F3N4O3/c1-35(2)17-20-9-10-21(15-24(20)28(29,30)31)33-26(36)11-6-18-4-3-5-22(14-18)38-23-12-13-32-25(16-23)34-27(37)19-7-8-19/h3-6,9-16,19H,7-8,17H2,1-2H3,(H,33,36)(H,32,34,37). The van der Waals surface area contributed by atoms with Crippen molar-refractivity contribution in [2.45, 2.75) is 25.6 Å². The zero-order chi connectivity index (χ0) is 27.3. The van der Waals surface area contributed by atoms with Gasteiger partial charge in [-0.05, 0) is 74.5 Å². The van der Waals surface area contributed by atoms with Crippen LogP contribution in [0.3, 0.4) is 0 Å². The SMILES string of the molecule is CN(C)Cc1ccc(NC(=O)C=Cc2cccc(Oc3ccnc(NC(=O)C4CC4)c3)c2)cc1C(F)(F)F. The Morgan fingerprint density at radius 2 is 1.82 bits per heavy atom. The first-order valence-electron chi connectivity index (χ1n) is 12.0. The van der Waals surface area contributed by atoms with Crippen LogP contribution >= 0.6 is 0 Å². The number of halogens is 3. The van der Waals surface area contributed by atoms with Crippen molar-refractivity contribution in [3.05, 3.63) is 83.6 Å². The van der Waals surface area contributed by atoms with E-state index in [-0.39, 0.29) is 29.6 Å². The van der Waals surface area contributed by atoms with Crippen LogP contribution in [0.25, 0.3) is 6.08 Å². The number of benzene rings is 2. The van der Waals surface area contributed by atoms with Crippen LogP contribution < -0.4 is 15.4 Å². The van der Waals surface area contributed by atoms with Gasteiger partial charge < -0.3 is 20.3 Å². The van der Waals surface area contributed by atoms with E-state index in [9.17, 15) is 22.8 Å². The highest BCUT2D eigenvalue weighted by molar-refractivity contribution is 6.02. The monoisotopic (exact) mass is 524 g/mol. The molecule has 0 saturated heterocycles. The number of aromatic nitrogens is 1. The maximum Gasteiger partial charge on any atom is 0.416 e. The Bertz CT molecular complexity index is 1350. The molecule has 0 spiro atoms. The van der Waals surface area contributed by atoms with Crippen molar-refractivity contribution in [2.24, 2.45) is 5.92 Å². The minimum Gasteiger partial charge on any atom is -0.457 e. The van der Waals surface area contributed by atoms with Gasteiger partial charge >= 0.3 is 6.18 Å². The number of ether oxygens (including phenoxy) is 1. The minimum atomic E-state index is -4.54. The average molecular weight is 525 g/mol. The van der Waals surface area contributed by atoms with Gasteiger partial charge in [0.1, 0.15) is 17.3 Å². The molecule has 0 bridgehead atoms. The highest BCUT2D eigenvalue weighted by Crippen LogP contribution is 2.34. The summed E-state index contributed by atoms with van der Waals surface area (Å²) in [5.74, 6) is 0.786. The summed E-state index contributed by atoms with van der Waals surface area (Å²) in [5.41, 5.74) is 0.0313. The third-order valence-electron chi connectivity index (χ3n) is 5.62. The molecule has 0 unspecified atom stereocenters. The number of carbonyl (C=O) groups is 2. The number of rotatable bonds is 9. The fraction of sp³-hybridized carbons (Fsp3) is 0.250. The smallest absolute Gasteiger partial charge is 0.416 e. The second kappa shape index (κ2) is 11.5. The molecule has 7 nitrogen and oxygen atoms in total. The molecular formula is C28H27F3N4O3. The Morgan fingerprint density at radius 3 is 2.53 bits per heavy atom. The molecule has 1 saturated carbocycles. The summed E-state index contributed by atoms with van der Waals surface area (Å²) in [6, 6.07) is 13.9. The third-order valence-corrected chi connectivity index (χ3v) is 5.62. The lowest BCUT2D eigenvalue weighted by Gasteiger charge is -2.17. The number of pyridine rings is 1. The number of hydrogen-bond donors (Lipinski definition) is 2. The van der Waals surface area contributed by atoms with E-state index in [1.807, 2.05) is 0 Å². The number of alkyl halides is 3. The van der Waals surface area contributed by atoms with Crippen LogP contribution in [0.15, 0.2) is 66.9 Å². The molecule has 1 aliphatic carbocycles. The summed E-state index contributed by atoms with van der Waals surface area (Å²) >= 11 is 0. The van der Waals surface area contributed by atoms with Gasteiger partial charge in [0.25, 0.3) is 0 Å². The molecule has 38 heavy (non-hydrogen) atoms. The van der Waals surface area contributed by atoms with Crippen molar-refractivity contribution in [2.75, 3.05) is 24.7 Å². The van der Waals surface area contributed by atoms with Crippen molar-refractivity contribution in [1.29, 1.82) is 0 Å². The summed E-state index contributed by atoms with van der Waals surface area (Å²) in [5, 5.41) is 5.25. The van der Waals surface area contributed by atoms with Crippen molar-refractivity contribution >= 4 is 29.4 Å². The minimum absolute atomic E-state index is 0.0498. The van der Waals surface area contributed by atoms with E-state index in [2.05, 4.69) is 15.6 Å². The van der Waals surface area contributed by atoms with E-state index < -0.39 is 17.6 Å². The van der Waals surface area contributed by atoms with E-state index in [1.54, 1.807) is 55.4 Å². The topological polar surface area (TPSA) is 83.6 Å². The predicted octanol–water partition coefficient (Wildman–Crippen LogP) is 5.95. The molecule has 2 amide bonds. The first kappa shape index (κ1) is 26.9. The van der Waals surface area contributed by atoms with Crippen LogP contribution in [-0.2, 0) is 22.3 Å². The second-order valence-corrected chi connectivity index (χ2v) is 9.24. The van der Waals surface area contributed by atoms with Crippen molar-refractivity contribution < 1.29 is 27.5 Å². The second-order valence-electron chi connectivity index (χ2n) is 9.24. The highest BCUT2D eigenvalue weighted by atomic mass is 19.4. The van der Waals surface area contributed by atoms with Crippen LogP contribution in [0.1, 0.15) is 29.5 Å². The number of hydrogen-bond acceptors (Lipinski definition) is 5. The zero-order valence-corrected chi connectivity index (χ0v) is 20.9. The largest absolute Gasteiger partial charge is 0.457 e. The van der Waals surface area contributed by atoms with Crippen LogP contribution in [0.5, 0.6) is 11.5 Å². The Hall–Kier alpha value is -4.18. The van der Waals surface area contributed by atoms with E-state index in [0.29, 0.717) is 22.9 Å². The summed E-state index contributed by atoms with van der Waals surface area (Å²) < 4.78 is 46.4. The molecule has 1 fully saturated rings. The average Bonchev–Trinajstić information content (AvgIpc) is 3.69. The molecule has 2 aromatic carbocycles. The Kier molecular flexibility index (Phi) is 8.11. The van der Waals surface area contributed by atoms with Gasteiger partial charge in [0.15, 0.2) is 0 Å². The number of nitrogens with one attached hydrogen (secondary N) is 2. The molecule has 4 rings (SSSR count). The molecule has 10 heteroatoms. The van der Waals surface area contributed by atoms with Crippen molar-refractivity contribution in [3.63, 3.8) is 0 Å². The quantitative estimate of drug-likeness (QED) is 0.338. The van der Waals surface area contributed by atoms with Crippen LogP contribution in [0, 0.1) is 5.92 Å². The molecule has 0 aliphatic heterocycles. The molecule has 0 atom stereocenters. The van der Waals surface area contributed by atoms with Gasteiger partial charge in [0, 0.05) is 36.5 Å². The van der Waals surface area contributed by atoms with Crippen LogP contribution in [0.4, 0.5) is 24.7 Å². The summed E-state index contributed by atoms with van der Waals surface area (Å²) in [6.07, 6.45) is 1.53. The van der Waals surface area contributed by atoms with E-state index in [0.717, 1.165) is 18.9 Å². The van der Waals surface area contributed by atoms with Crippen molar-refractivity contribution in [3.8, 4) is 11.5 Å². The first-order valence-corrected chi connectivity index (χ1v) is 12.0. The number of anilines is 2. The van der Waals surface area contributed by atoms with Gasteiger partial charge in [-0.3, -0.25) is 9.59 Å². The van der Waals surface area contributed by atoms with Gasteiger partial charge in [0.05, 0.1) is 5.56 Å². The van der Waals surface area contributed by atoms with E-state index >= 15 is 0 Å². The van der Waals surface area contributed by atoms with Crippen molar-refractivity contribution in [1.82, 2.24) is 9.88 Å². The highest BCUT2D eigenvalue weighted by Gasteiger charge is 2.33. The predicted molar refractivity (Wildman–Crippen MR) is 139 cm³/mol. The Labute approximate surface area is 218 Å². The molecule has 3 aromatic rings. The normalized spacial score (nSPS) is 13.5. The summed E-state index contributed by atoms with van der Waals surface area (Å²) in [6.45, 7) is 0.122. The maximum atomic E-state index is 13.5. The Morgan fingerprint density at radius 1 is 1.05 bits per heavy atom. The number of amides is 2. The molecule has 0 radical (unpaired) electrons. The molecular weight excluding hydrogens is 497 g/mol. The van der Waals surface area contributed by atoms with E-state index in [4.69, 9.17) is 4.74 Å². The number of carbonyl (C=O) groups excluding carboxylic acids is 2. The van der Waals surface area contributed by atoms with E-state index in [1.165, 1.54) is 30.5 Å². The fourth-order valence-corrected chi connectivity index (χ4v) is 3.69. The third kappa shape index (κ3) is 7.66. The molecule has 1 heterocycles. The Balaban J connectivity index is 1.40. The van der Waals surface area contributed by atoms with Gasteiger partial charge in [-0.25, -0.2) is 4.98 Å². The lowest BCUT2D eigenvalue weighted by molar-refractivity contribution is -0.138. The maximum absolute atomic E-state index is 13.5. The molecule has 1 aliphatic rings. The molecule has 198 valence electrons. The zero-order valence-electron chi connectivity index (χ0n) is 20.9. The lowest BCUT2D eigenvalue weighted by atomic mass is 10.1. The molecule has 1 aromatic heterocycles. The first-order chi connectivity index (χ1) is 18.1. The fourth-order valence-electron chi connectivity index (χ4n) is 3.69. The van der Waals surface area contributed by atoms with Gasteiger partial charge in [0.2, 0.25) is 11.8 Å². The van der Waals surface area contributed by atoms with Crippen LogP contribution in [0.2, 0.25) is 0 Å².